The van der Waals surface area contributed by atoms with Crippen molar-refractivity contribution >= 4 is 39.1 Å². The smallest absolute Gasteiger partial charge is 0.252 e. The average molecular weight is 349 g/mol. The summed E-state index contributed by atoms with van der Waals surface area (Å²) in [5.41, 5.74) is 2.80. The largest absolute Gasteiger partial charge is 0.319 e. The summed E-state index contributed by atoms with van der Waals surface area (Å²) in [7, 11) is 1.88. The van der Waals surface area contributed by atoms with Gasteiger partial charge in [-0.15, -0.1) is 0 Å². The molecule has 0 unspecified atom stereocenters. The van der Waals surface area contributed by atoms with Crippen molar-refractivity contribution in [2.75, 3.05) is 0 Å². The van der Waals surface area contributed by atoms with Gasteiger partial charge in [-0.2, -0.15) is 4.99 Å². The van der Waals surface area contributed by atoms with E-state index < -0.39 is 0 Å². The second-order valence-corrected chi connectivity index (χ2v) is 6.77. The van der Waals surface area contributed by atoms with E-state index in [1.54, 1.807) is 12.1 Å². The Balaban J connectivity index is 1.97. The molecule has 23 heavy (non-hydrogen) atoms. The van der Waals surface area contributed by atoms with Crippen LogP contribution in [0.2, 0.25) is 5.02 Å². The Kier molecular flexibility index (Phi) is 4.33. The van der Waals surface area contributed by atoms with Gasteiger partial charge in [-0.25, -0.2) is 4.39 Å². The molecular weight excluding hydrogens is 335 g/mol. The van der Waals surface area contributed by atoms with E-state index in [0.29, 0.717) is 9.82 Å². The second-order valence-electron chi connectivity index (χ2n) is 5.32. The topological polar surface area (TPSA) is 34.4 Å². The first-order valence-corrected chi connectivity index (χ1v) is 8.21. The van der Waals surface area contributed by atoms with E-state index in [9.17, 15) is 9.18 Å². The van der Waals surface area contributed by atoms with E-state index in [2.05, 4.69) is 4.99 Å². The molecule has 1 heterocycles. The summed E-state index contributed by atoms with van der Waals surface area (Å²) in [5.74, 6) is -0.580. The molecule has 1 amide bonds. The van der Waals surface area contributed by atoms with Crippen molar-refractivity contribution in [1.82, 2.24) is 4.57 Å². The van der Waals surface area contributed by atoms with Crippen LogP contribution in [0, 0.1) is 12.7 Å². The van der Waals surface area contributed by atoms with Crippen LogP contribution in [0.15, 0.2) is 41.4 Å². The minimum absolute atomic E-state index is 0.147. The molecule has 3 rings (SSSR count). The molecule has 3 nitrogen and oxygen atoms in total. The maximum Gasteiger partial charge on any atom is 0.252 e. The van der Waals surface area contributed by atoms with Gasteiger partial charge in [0.2, 0.25) is 0 Å². The van der Waals surface area contributed by atoms with Crippen molar-refractivity contribution in [2.45, 2.75) is 13.3 Å². The van der Waals surface area contributed by atoms with Crippen LogP contribution in [0.4, 0.5) is 4.39 Å². The van der Waals surface area contributed by atoms with Crippen molar-refractivity contribution in [3.8, 4) is 0 Å². The maximum absolute atomic E-state index is 12.9. The third-order valence-electron chi connectivity index (χ3n) is 3.54. The van der Waals surface area contributed by atoms with Crippen LogP contribution < -0.4 is 4.80 Å². The summed E-state index contributed by atoms with van der Waals surface area (Å²) in [6, 6.07) is 9.63. The van der Waals surface area contributed by atoms with Gasteiger partial charge in [-0.05, 0) is 42.3 Å². The van der Waals surface area contributed by atoms with Gasteiger partial charge in [-0.3, -0.25) is 4.79 Å². The van der Waals surface area contributed by atoms with Gasteiger partial charge in [-0.1, -0.05) is 35.1 Å². The SMILES string of the molecule is Cc1cc(Cl)cc2sc(=NC(=O)Cc3ccc(F)cc3)n(C)c12. The van der Waals surface area contributed by atoms with Gasteiger partial charge in [0.15, 0.2) is 4.80 Å². The number of halogens is 2. The van der Waals surface area contributed by atoms with E-state index in [-0.39, 0.29) is 18.1 Å². The van der Waals surface area contributed by atoms with Crippen molar-refractivity contribution in [3.63, 3.8) is 0 Å². The quantitative estimate of drug-likeness (QED) is 0.689. The normalized spacial score (nSPS) is 12.1. The Hall–Kier alpha value is -1.98. The molecule has 1 aromatic heterocycles. The second kappa shape index (κ2) is 6.26. The molecule has 118 valence electrons. The van der Waals surface area contributed by atoms with E-state index in [0.717, 1.165) is 21.3 Å². The summed E-state index contributed by atoms with van der Waals surface area (Å²) in [6.45, 7) is 1.98. The zero-order valence-corrected chi connectivity index (χ0v) is 14.2. The van der Waals surface area contributed by atoms with Gasteiger partial charge >= 0.3 is 0 Å². The number of hydrogen-bond acceptors (Lipinski definition) is 2. The number of amides is 1. The van der Waals surface area contributed by atoms with Crippen molar-refractivity contribution < 1.29 is 9.18 Å². The Labute approximate surface area is 141 Å². The lowest BCUT2D eigenvalue weighted by Crippen LogP contribution is -2.14. The number of rotatable bonds is 2. The average Bonchev–Trinajstić information content (AvgIpc) is 2.77. The number of nitrogens with zero attached hydrogens (tertiary/aromatic N) is 2. The lowest BCUT2D eigenvalue weighted by molar-refractivity contribution is -0.117. The number of hydrogen-bond donors (Lipinski definition) is 0. The number of thiazole rings is 1. The molecule has 0 saturated heterocycles. The molecule has 0 bridgehead atoms. The van der Waals surface area contributed by atoms with Gasteiger partial charge in [0, 0.05) is 12.1 Å². The fourth-order valence-electron chi connectivity index (χ4n) is 2.50. The highest BCUT2D eigenvalue weighted by Gasteiger charge is 2.09. The van der Waals surface area contributed by atoms with E-state index in [1.165, 1.54) is 23.5 Å². The van der Waals surface area contributed by atoms with Gasteiger partial charge in [0.05, 0.1) is 16.6 Å². The standard InChI is InChI=1S/C17H14ClFN2OS/c1-10-7-12(18)9-14-16(10)21(2)17(23-14)20-15(22)8-11-3-5-13(19)6-4-11/h3-7,9H,8H2,1-2H3. The lowest BCUT2D eigenvalue weighted by Gasteiger charge is -2.01. The number of carbonyl (C=O) groups excluding carboxylic acids is 1. The van der Waals surface area contributed by atoms with Crippen molar-refractivity contribution in [3.05, 3.63) is 63.2 Å². The van der Waals surface area contributed by atoms with Crippen molar-refractivity contribution in [2.24, 2.45) is 12.0 Å². The molecule has 0 spiro atoms. The third kappa shape index (κ3) is 3.35. The lowest BCUT2D eigenvalue weighted by atomic mass is 10.1. The summed E-state index contributed by atoms with van der Waals surface area (Å²) in [6.07, 6.45) is 0.147. The molecule has 0 aliphatic carbocycles. The maximum atomic E-state index is 12.9. The summed E-state index contributed by atoms with van der Waals surface area (Å²) in [5, 5.41) is 0.668. The number of fused-ring (bicyclic) bond motifs is 1. The molecule has 0 aliphatic heterocycles. The predicted octanol–water partition coefficient (Wildman–Crippen LogP) is 4.01. The molecule has 0 N–H and O–H groups in total. The monoisotopic (exact) mass is 348 g/mol. The minimum atomic E-state index is -0.318. The molecule has 3 aromatic rings. The number of benzene rings is 2. The number of aromatic nitrogens is 1. The third-order valence-corrected chi connectivity index (χ3v) is 4.84. The zero-order valence-electron chi connectivity index (χ0n) is 12.6. The first kappa shape index (κ1) is 15.9. The Morgan fingerprint density at radius 2 is 2.00 bits per heavy atom. The van der Waals surface area contributed by atoms with Gasteiger partial charge in [0.25, 0.3) is 5.91 Å². The fraction of sp³-hybridized carbons (Fsp3) is 0.176. The van der Waals surface area contributed by atoms with E-state index in [1.807, 2.05) is 30.7 Å². The van der Waals surface area contributed by atoms with E-state index >= 15 is 0 Å². The molecular formula is C17H14ClFN2OS. The van der Waals surface area contributed by atoms with Gasteiger partial charge < -0.3 is 4.57 Å². The Morgan fingerprint density at radius 3 is 2.70 bits per heavy atom. The summed E-state index contributed by atoms with van der Waals surface area (Å²) in [4.78, 5) is 17.0. The van der Waals surface area contributed by atoms with E-state index in [4.69, 9.17) is 11.6 Å². The Bertz CT molecular complexity index is 957. The van der Waals surface area contributed by atoms with Crippen LogP contribution in [-0.4, -0.2) is 10.5 Å². The van der Waals surface area contributed by atoms with Crippen molar-refractivity contribution in [1.29, 1.82) is 0 Å². The molecule has 0 atom stereocenters. The molecule has 0 aliphatic rings. The van der Waals surface area contributed by atoms with Crippen LogP contribution >= 0.6 is 22.9 Å². The first-order chi connectivity index (χ1) is 10.9. The highest BCUT2D eigenvalue weighted by atomic mass is 35.5. The van der Waals surface area contributed by atoms with Gasteiger partial charge in [0.1, 0.15) is 5.82 Å². The zero-order chi connectivity index (χ0) is 16.6. The minimum Gasteiger partial charge on any atom is -0.319 e. The number of aryl methyl sites for hydroxylation is 2. The highest BCUT2D eigenvalue weighted by molar-refractivity contribution is 7.16. The Morgan fingerprint density at radius 1 is 1.30 bits per heavy atom. The van der Waals surface area contributed by atoms with Crippen LogP contribution in [0.5, 0.6) is 0 Å². The highest BCUT2D eigenvalue weighted by Crippen LogP contribution is 2.25. The first-order valence-electron chi connectivity index (χ1n) is 7.02. The number of carbonyl (C=O) groups is 1. The summed E-state index contributed by atoms with van der Waals surface area (Å²) < 4.78 is 15.8. The van der Waals surface area contributed by atoms with Crippen LogP contribution in [0.3, 0.4) is 0 Å². The fourth-order valence-corrected chi connectivity index (χ4v) is 3.99. The van der Waals surface area contributed by atoms with Crippen LogP contribution in [0.25, 0.3) is 10.2 Å². The summed E-state index contributed by atoms with van der Waals surface area (Å²) >= 11 is 7.51. The molecule has 2 aromatic carbocycles. The van der Waals surface area contributed by atoms with Crippen LogP contribution in [-0.2, 0) is 18.3 Å². The predicted molar refractivity (Wildman–Crippen MR) is 91.2 cm³/mol. The molecule has 6 heteroatoms. The molecule has 0 saturated carbocycles. The molecule has 0 radical (unpaired) electrons. The van der Waals surface area contributed by atoms with Crippen LogP contribution in [0.1, 0.15) is 11.1 Å². The molecule has 0 fully saturated rings.